The van der Waals surface area contributed by atoms with Crippen LogP contribution in [0, 0.1) is 19.7 Å². The summed E-state index contributed by atoms with van der Waals surface area (Å²) < 4.78 is 26.9. The number of aromatic nitrogens is 3. The van der Waals surface area contributed by atoms with Crippen molar-refractivity contribution >= 4 is 21.8 Å². The van der Waals surface area contributed by atoms with Crippen LogP contribution in [-0.4, -0.2) is 15.2 Å². The van der Waals surface area contributed by atoms with E-state index < -0.39 is 5.82 Å². The van der Waals surface area contributed by atoms with Crippen molar-refractivity contribution in [2.24, 2.45) is 0 Å². The fraction of sp³-hybridized carbons (Fsp3) is 0.120. The number of H-pyrrole nitrogens is 1. The molecular formula is C25H20FN3O2. The van der Waals surface area contributed by atoms with Gasteiger partial charge in [-0.15, -0.1) is 0 Å². The first-order chi connectivity index (χ1) is 15.1. The summed E-state index contributed by atoms with van der Waals surface area (Å²) in [7, 11) is 0. The summed E-state index contributed by atoms with van der Waals surface area (Å²) >= 11 is 0. The van der Waals surface area contributed by atoms with Crippen LogP contribution in [0.1, 0.15) is 16.8 Å². The first-order valence-corrected chi connectivity index (χ1v) is 9.97. The molecular weight excluding hydrogens is 393 g/mol. The van der Waals surface area contributed by atoms with Crippen LogP contribution in [0.3, 0.4) is 0 Å². The highest BCUT2D eigenvalue weighted by molar-refractivity contribution is 5.87. The summed E-state index contributed by atoms with van der Waals surface area (Å²) in [5.41, 5.74) is 4.25. The van der Waals surface area contributed by atoms with E-state index in [1.807, 2.05) is 56.3 Å². The Morgan fingerprint density at radius 1 is 0.903 bits per heavy atom. The zero-order valence-corrected chi connectivity index (χ0v) is 17.1. The third-order valence-corrected chi connectivity index (χ3v) is 5.19. The minimum atomic E-state index is -0.411. The van der Waals surface area contributed by atoms with Gasteiger partial charge in [-0.2, -0.15) is 10.2 Å². The molecule has 0 aliphatic heterocycles. The molecule has 6 heteroatoms. The molecule has 154 valence electrons. The van der Waals surface area contributed by atoms with Gasteiger partial charge in [-0.3, -0.25) is 0 Å². The number of benzene rings is 3. The van der Waals surface area contributed by atoms with Gasteiger partial charge in [0.25, 0.3) is 0 Å². The molecule has 0 fully saturated rings. The van der Waals surface area contributed by atoms with Crippen molar-refractivity contribution in [2.75, 3.05) is 0 Å². The molecule has 5 rings (SSSR count). The second-order valence-corrected chi connectivity index (χ2v) is 7.51. The highest BCUT2D eigenvalue weighted by Gasteiger charge is 2.15. The highest BCUT2D eigenvalue weighted by atomic mass is 19.1. The lowest BCUT2D eigenvalue weighted by Gasteiger charge is -2.13. The van der Waals surface area contributed by atoms with Gasteiger partial charge in [0.15, 0.2) is 17.3 Å². The topological polar surface area (TPSA) is 60.0 Å². The zero-order valence-electron chi connectivity index (χ0n) is 17.1. The molecule has 5 nitrogen and oxygen atoms in total. The lowest BCUT2D eigenvalue weighted by atomic mass is 10.1. The predicted octanol–water partition coefficient (Wildman–Crippen LogP) is 6.24. The van der Waals surface area contributed by atoms with E-state index >= 15 is 0 Å². The Morgan fingerprint density at radius 3 is 2.58 bits per heavy atom. The number of nitrogens with zero attached hydrogens (tertiary/aromatic N) is 2. The molecule has 3 aromatic carbocycles. The average Bonchev–Trinajstić information content (AvgIpc) is 3.17. The minimum Gasteiger partial charge on any atom is -0.489 e. The van der Waals surface area contributed by atoms with Crippen molar-refractivity contribution in [3.05, 3.63) is 89.5 Å². The number of aromatic amines is 1. The van der Waals surface area contributed by atoms with Gasteiger partial charge in [0, 0.05) is 28.0 Å². The molecule has 0 aliphatic carbocycles. The van der Waals surface area contributed by atoms with Gasteiger partial charge < -0.3 is 14.5 Å². The molecule has 1 N–H and O–H groups in total. The lowest BCUT2D eigenvalue weighted by Crippen LogP contribution is -1.98. The smallest absolute Gasteiger partial charge is 0.175 e. The monoisotopic (exact) mass is 413 g/mol. The quantitative estimate of drug-likeness (QED) is 0.371. The molecule has 31 heavy (non-hydrogen) atoms. The van der Waals surface area contributed by atoms with Crippen LogP contribution < -0.4 is 9.47 Å². The van der Waals surface area contributed by atoms with Crippen LogP contribution in [-0.2, 0) is 6.61 Å². The van der Waals surface area contributed by atoms with Crippen molar-refractivity contribution in [3.63, 3.8) is 0 Å². The van der Waals surface area contributed by atoms with Crippen LogP contribution >= 0.6 is 0 Å². The maximum absolute atomic E-state index is 15.0. The highest BCUT2D eigenvalue weighted by Crippen LogP contribution is 2.35. The normalized spacial score (nSPS) is 11.2. The molecule has 0 bridgehead atoms. The van der Waals surface area contributed by atoms with E-state index in [9.17, 15) is 4.39 Å². The van der Waals surface area contributed by atoms with E-state index in [0.717, 1.165) is 33.5 Å². The average molecular weight is 413 g/mol. The van der Waals surface area contributed by atoms with Crippen LogP contribution in [0.25, 0.3) is 21.8 Å². The maximum atomic E-state index is 15.0. The third-order valence-electron chi connectivity index (χ3n) is 5.19. The number of rotatable bonds is 5. The largest absolute Gasteiger partial charge is 0.489 e. The maximum Gasteiger partial charge on any atom is 0.175 e. The van der Waals surface area contributed by atoms with Gasteiger partial charge >= 0.3 is 0 Å². The molecule has 0 amide bonds. The van der Waals surface area contributed by atoms with Crippen LogP contribution in [0.4, 0.5) is 4.39 Å². The minimum absolute atomic E-state index is 0.142. The van der Waals surface area contributed by atoms with E-state index in [1.54, 1.807) is 18.2 Å². The Bertz CT molecular complexity index is 1400. The Hall–Kier alpha value is -3.93. The number of hydrogen-bond acceptors (Lipinski definition) is 4. The summed E-state index contributed by atoms with van der Waals surface area (Å²) in [6.45, 7) is 4.30. The second-order valence-electron chi connectivity index (χ2n) is 7.51. The Balaban J connectivity index is 1.47. The van der Waals surface area contributed by atoms with E-state index in [4.69, 9.17) is 9.47 Å². The van der Waals surface area contributed by atoms with Gasteiger partial charge in [-0.1, -0.05) is 30.3 Å². The lowest BCUT2D eigenvalue weighted by molar-refractivity contribution is 0.304. The van der Waals surface area contributed by atoms with Crippen molar-refractivity contribution in [3.8, 4) is 17.2 Å². The number of aryl methyl sites for hydroxylation is 2. The number of halogens is 1. The Morgan fingerprint density at radius 2 is 1.74 bits per heavy atom. The number of fused-ring (bicyclic) bond motifs is 2. The van der Waals surface area contributed by atoms with Gasteiger partial charge in [0.2, 0.25) is 0 Å². The van der Waals surface area contributed by atoms with E-state index in [0.29, 0.717) is 23.3 Å². The molecule has 5 aromatic rings. The molecule has 0 saturated heterocycles. The van der Waals surface area contributed by atoms with Gasteiger partial charge in [0.1, 0.15) is 17.9 Å². The van der Waals surface area contributed by atoms with Gasteiger partial charge in [-0.05, 0) is 49.2 Å². The Labute approximate surface area is 178 Å². The standard InChI is InChI=1S/C25H20FN3O2/c1-15-10-18-21(12-23(15)30-14-17-6-4-3-5-7-17)29-27-13-24(18)31-22-9-8-20-19(25(22)26)11-16(2)28-20/h3-13,28H,14H2,1-2H3. The summed E-state index contributed by atoms with van der Waals surface area (Å²) in [4.78, 5) is 3.13. The number of nitrogens with one attached hydrogen (secondary N) is 1. The first kappa shape index (κ1) is 19.1. The summed E-state index contributed by atoms with van der Waals surface area (Å²) in [5, 5.41) is 9.48. The number of ether oxygens (including phenoxy) is 2. The molecule has 2 heterocycles. The van der Waals surface area contributed by atoms with Crippen LogP contribution in [0.5, 0.6) is 17.2 Å². The molecule has 0 radical (unpaired) electrons. The van der Waals surface area contributed by atoms with Crippen LogP contribution in [0.15, 0.2) is 66.9 Å². The summed E-state index contributed by atoms with van der Waals surface area (Å²) in [6, 6.07) is 18.9. The number of hydrogen-bond donors (Lipinski definition) is 1. The predicted molar refractivity (Wildman–Crippen MR) is 118 cm³/mol. The molecule has 0 atom stereocenters. The van der Waals surface area contributed by atoms with E-state index in [1.165, 1.54) is 6.20 Å². The van der Waals surface area contributed by atoms with Crippen LogP contribution in [0.2, 0.25) is 0 Å². The first-order valence-electron chi connectivity index (χ1n) is 9.97. The van der Waals surface area contributed by atoms with Crippen molar-refractivity contribution in [1.82, 2.24) is 15.2 Å². The van der Waals surface area contributed by atoms with E-state index in [-0.39, 0.29) is 5.75 Å². The molecule has 0 aliphatic rings. The summed E-state index contributed by atoms with van der Waals surface area (Å²) in [6.07, 6.45) is 1.50. The SMILES string of the molecule is Cc1cc2c(F)c(Oc3cnnc4cc(OCc5ccccc5)c(C)cc34)ccc2[nH]1. The summed E-state index contributed by atoms with van der Waals surface area (Å²) in [5.74, 6) is 0.889. The third kappa shape index (κ3) is 3.68. The van der Waals surface area contributed by atoms with Gasteiger partial charge in [-0.25, -0.2) is 4.39 Å². The van der Waals surface area contributed by atoms with Crippen molar-refractivity contribution < 1.29 is 13.9 Å². The molecule has 2 aromatic heterocycles. The zero-order chi connectivity index (χ0) is 21.4. The van der Waals surface area contributed by atoms with Crippen molar-refractivity contribution in [1.29, 1.82) is 0 Å². The van der Waals surface area contributed by atoms with Gasteiger partial charge in [0.05, 0.1) is 6.20 Å². The Kier molecular flexibility index (Phi) is 4.75. The second kappa shape index (κ2) is 7.72. The van der Waals surface area contributed by atoms with E-state index in [2.05, 4.69) is 15.2 Å². The fourth-order valence-electron chi connectivity index (χ4n) is 3.63. The molecule has 0 unspecified atom stereocenters. The molecule has 0 saturated carbocycles. The molecule has 0 spiro atoms. The fourth-order valence-corrected chi connectivity index (χ4v) is 3.63. The van der Waals surface area contributed by atoms with Crippen molar-refractivity contribution in [2.45, 2.75) is 20.5 Å².